The summed E-state index contributed by atoms with van der Waals surface area (Å²) in [5, 5.41) is 7.34. The molecule has 166 valence electrons. The van der Waals surface area contributed by atoms with E-state index in [1.165, 1.54) is 20.8 Å². The van der Waals surface area contributed by atoms with Gasteiger partial charge in [0.05, 0.1) is 29.5 Å². The van der Waals surface area contributed by atoms with E-state index in [-0.39, 0.29) is 16.3 Å². The Bertz CT molecular complexity index is 1190. The van der Waals surface area contributed by atoms with Crippen LogP contribution in [0, 0.1) is 13.8 Å². The Balaban J connectivity index is 1.46. The normalized spacial score (nSPS) is 15.9. The predicted octanol–water partition coefficient (Wildman–Crippen LogP) is 2.04. The third kappa shape index (κ3) is 4.56. The number of thiazole rings is 1. The van der Waals surface area contributed by atoms with Crippen molar-refractivity contribution in [3.63, 3.8) is 0 Å². The van der Waals surface area contributed by atoms with Crippen molar-refractivity contribution in [2.24, 2.45) is 0 Å². The van der Waals surface area contributed by atoms with Gasteiger partial charge in [0.25, 0.3) is 0 Å². The summed E-state index contributed by atoms with van der Waals surface area (Å²) in [6.07, 6.45) is 0. The summed E-state index contributed by atoms with van der Waals surface area (Å²) in [6.45, 7) is 7.48. The fourth-order valence-electron chi connectivity index (χ4n) is 3.33. The molecule has 1 amide bonds. The molecule has 3 aromatic rings. The Morgan fingerprint density at radius 1 is 1.26 bits per heavy atom. The summed E-state index contributed by atoms with van der Waals surface area (Å²) >= 11 is 1.54. The molecular formula is C19H23N5O5S2. The van der Waals surface area contributed by atoms with Gasteiger partial charge in [0.2, 0.25) is 15.9 Å². The minimum absolute atomic E-state index is 0.0473. The van der Waals surface area contributed by atoms with Crippen LogP contribution in [-0.2, 0) is 19.6 Å². The maximum Gasteiger partial charge on any atom is 0.246 e. The second kappa shape index (κ2) is 8.54. The first-order valence-electron chi connectivity index (χ1n) is 9.74. The minimum Gasteiger partial charge on any atom is -0.378 e. The maximum absolute atomic E-state index is 12.6. The van der Waals surface area contributed by atoms with Gasteiger partial charge in [0, 0.05) is 18.8 Å². The van der Waals surface area contributed by atoms with E-state index in [4.69, 9.17) is 9.26 Å². The number of morpholine rings is 1. The average Bonchev–Trinajstić information content (AvgIpc) is 3.31. The van der Waals surface area contributed by atoms with Crippen molar-refractivity contribution in [1.29, 1.82) is 0 Å². The molecule has 2 aromatic heterocycles. The molecule has 0 bridgehead atoms. The van der Waals surface area contributed by atoms with Crippen LogP contribution >= 0.6 is 11.3 Å². The number of hydrogen-bond acceptors (Lipinski definition) is 9. The molecule has 1 aliphatic rings. The molecule has 1 saturated heterocycles. The number of aromatic nitrogens is 2. The highest BCUT2D eigenvalue weighted by Crippen LogP contribution is 2.31. The largest absolute Gasteiger partial charge is 0.378 e. The van der Waals surface area contributed by atoms with Crippen LogP contribution in [-0.4, -0.2) is 56.8 Å². The molecule has 10 nitrogen and oxygen atoms in total. The SMILES string of the molecule is Cc1noc(C)c1S(=O)(=O)N[C@@H](C)C(=O)Nc1ccc2nc(N3CCOCC3)sc2c1. The van der Waals surface area contributed by atoms with E-state index in [1.54, 1.807) is 17.4 Å². The van der Waals surface area contributed by atoms with Gasteiger partial charge in [-0.2, -0.15) is 4.72 Å². The lowest BCUT2D eigenvalue weighted by atomic mass is 10.2. The fraction of sp³-hybridized carbons (Fsp3) is 0.421. The second-order valence-corrected chi connectivity index (χ2v) is 9.92. The molecule has 31 heavy (non-hydrogen) atoms. The average molecular weight is 466 g/mol. The fourth-order valence-corrected chi connectivity index (χ4v) is 5.92. The van der Waals surface area contributed by atoms with Gasteiger partial charge in [0.15, 0.2) is 10.9 Å². The molecule has 1 fully saturated rings. The summed E-state index contributed by atoms with van der Waals surface area (Å²) in [7, 11) is -3.95. The number of aryl methyl sites for hydroxylation is 2. The highest BCUT2D eigenvalue weighted by atomic mass is 32.2. The molecule has 1 aliphatic heterocycles. The van der Waals surface area contributed by atoms with Crippen molar-refractivity contribution in [1.82, 2.24) is 14.9 Å². The number of sulfonamides is 1. The van der Waals surface area contributed by atoms with Crippen LogP contribution in [0.1, 0.15) is 18.4 Å². The maximum atomic E-state index is 12.6. The van der Waals surface area contributed by atoms with Crippen molar-refractivity contribution in [2.45, 2.75) is 31.7 Å². The van der Waals surface area contributed by atoms with Gasteiger partial charge in [-0.3, -0.25) is 4.79 Å². The van der Waals surface area contributed by atoms with Crippen LogP contribution < -0.4 is 14.9 Å². The molecule has 0 aliphatic carbocycles. The smallest absolute Gasteiger partial charge is 0.246 e. The minimum atomic E-state index is -3.95. The van der Waals surface area contributed by atoms with E-state index in [2.05, 4.69) is 25.1 Å². The lowest BCUT2D eigenvalue weighted by Gasteiger charge is -2.25. The number of carbonyl (C=O) groups is 1. The molecule has 0 saturated carbocycles. The van der Waals surface area contributed by atoms with Gasteiger partial charge in [-0.05, 0) is 39.0 Å². The van der Waals surface area contributed by atoms with Crippen LogP contribution in [0.25, 0.3) is 10.2 Å². The van der Waals surface area contributed by atoms with E-state index in [0.717, 1.165) is 28.4 Å². The van der Waals surface area contributed by atoms with Crippen molar-refractivity contribution in [3.05, 3.63) is 29.7 Å². The Morgan fingerprint density at radius 3 is 2.68 bits per heavy atom. The molecule has 1 aromatic carbocycles. The number of nitrogens with zero attached hydrogens (tertiary/aromatic N) is 3. The molecule has 1 atom stereocenters. The quantitative estimate of drug-likeness (QED) is 0.566. The molecule has 3 heterocycles. The van der Waals surface area contributed by atoms with Crippen LogP contribution in [0.15, 0.2) is 27.6 Å². The number of fused-ring (bicyclic) bond motifs is 1. The first-order chi connectivity index (χ1) is 14.7. The number of anilines is 2. The van der Waals surface area contributed by atoms with Crippen molar-refractivity contribution in [2.75, 3.05) is 36.5 Å². The van der Waals surface area contributed by atoms with E-state index in [1.807, 2.05) is 12.1 Å². The zero-order chi connectivity index (χ0) is 22.2. The summed E-state index contributed by atoms with van der Waals surface area (Å²) in [4.78, 5) is 19.4. The number of rotatable bonds is 6. The highest BCUT2D eigenvalue weighted by molar-refractivity contribution is 7.89. The monoisotopic (exact) mass is 465 g/mol. The molecule has 2 N–H and O–H groups in total. The highest BCUT2D eigenvalue weighted by Gasteiger charge is 2.28. The lowest BCUT2D eigenvalue weighted by Crippen LogP contribution is -2.41. The van der Waals surface area contributed by atoms with Crippen molar-refractivity contribution < 1.29 is 22.5 Å². The van der Waals surface area contributed by atoms with Crippen molar-refractivity contribution >= 4 is 48.3 Å². The summed E-state index contributed by atoms with van der Waals surface area (Å²) in [5.74, 6) is -0.308. The Labute approximate surface area is 183 Å². The van der Waals surface area contributed by atoms with E-state index in [0.29, 0.717) is 18.9 Å². The topological polar surface area (TPSA) is 127 Å². The lowest BCUT2D eigenvalue weighted by molar-refractivity contribution is -0.117. The zero-order valence-electron chi connectivity index (χ0n) is 17.3. The Kier molecular flexibility index (Phi) is 5.97. The molecule has 4 rings (SSSR count). The first kappa shape index (κ1) is 21.7. The predicted molar refractivity (Wildman–Crippen MR) is 117 cm³/mol. The second-order valence-electron chi connectivity index (χ2n) is 7.26. The number of hydrogen-bond donors (Lipinski definition) is 2. The van der Waals surface area contributed by atoms with Crippen molar-refractivity contribution in [3.8, 4) is 0 Å². The summed E-state index contributed by atoms with van der Waals surface area (Å²) in [5.41, 5.74) is 1.65. The van der Waals surface area contributed by atoms with Gasteiger partial charge in [-0.1, -0.05) is 16.5 Å². The molecule has 12 heteroatoms. The van der Waals surface area contributed by atoms with Gasteiger partial charge in [-0.15, -0.1) is 0 Å². The van der Waals surface area contributed by atoms with Gasteiger partial charge in [0.1, 0.15) is 10.6 Å². The van der Waals surface area contributed by atoms with Crippen LogP contribution in [0.2, 0.25) is 0 Å². The molecule has 0 unspecified atom stereocenters. The summed E-state index contributed by atoms with van der Waals surface area (Å²) in [6, 6.07) is 4.42. The molecule has 0 radical (unpaired) electrons. The number of nitrogens with one attached hydrogen (secondary N) is 2. The van der Waals surface area contributed by atoms with E-state index < -0.39 is 22.0 Å². The van der Waals surface area contributed by atoms with Gasteiger partial charge < -0.3 is 19.5 Å². The van der Waals surface area contributed by atoms with Crippen LogP contribution in [0.4, 0.5) is 10.8 Å². The van der Waals surface area contributed by atoms with Crippen LogP contribution in [0.5, 0.6) is 0 Å². The Hall–Kier alpha value is -2.54. The zero-order valence-corrected chi connectivity index (χ0v) is 19.0. The molecule has 0 spiro atoms. The standard InChI is InChI=1S/C19H23N5O5S2/c1-11-17(13(3)29-22-11)31(26,27)23-12(2)18(25)20-14-4-5-15-16(10-14)30-19(21-15)24-6-8-28-9-7-24/h4-5,10,12,23H,6-9H2,1-3H3,(H,20,25)/t12-/m0/s1. The number of ether oxygens (including phenoxy) is 1. The number of carbonyl (C=O) groups excluding carboxylic acids is 1. The first-order valence-corrected chi connectivity index (χ1v) is 12.0. The van der Waals surface area contributed by atoms with E-state index in [9.17, 15) is 13.2 Å². The number of benzene rings is 1. The molecular weight excluding hydrogens is 442 g/mol. The number of amides is 1. The third-order valence-electron chi connectivity index (χ3n) is 4.89. The van der Waals surface area contributed by atoms with Gasteiger partial charge in [-0.25, -0.2) is 13.4 Å². The van der Waals surface area contributed by atoms with E-state index >= 15 is 0 Å². The Morgan fingerprint density at radius 2 is 2.00 bits per heavy atom. The van der Waals surface area contributed by atoms with Gasteiger partial charge >= 0.3 is 0 Å². The van der Waals surface area contributed by atoms with Crippen LogP contribution in [0.3, 0.4) is 0 Å². The third-order valence-corrected chi connectivity index (χ3v) is 7.75. The summed E-state index contributed by atoms with van der Waals surface area (Å²) < 4.78 is 38.9.